The monoisotopic (exact) mass is 373 g/mol. The van der Waals surface area contributed by atoms with Gasteiger partial charge >= 0.3 is 5.97 Å². The summed E-state index contributed by atoms with van der Waals surface area (Å²) in [5.74, 6) is -0.450. The van der Waals surface area contributed by atoms with Gasteiger partial charge in [-0.1, -0.05) is 18.3 Å². The first-order chi connectivity index (χ1) is 10.8. The van der Waals surface area contributed by atoms with Crippen molar-refractivity contribution in [2.24, 2.45) is 0 Å². The summed E-state index contributed by atoms with van der Waals surface area (Å²) in [7, 11) is 0. The topological polar surface area (TPSA) is 68.6 Å². The molecular formula is C15H20NO4PS2. The van der Waals surface area contributed by atoms with Gasteiger partial charge in [0.25, 0.3) is 0 Å². The van der Waals surface area contributed by atoms with Gasteiger partial charge in [-0.2, -0.15) is 5.26 Å². The average molecular weight is 373 g/mol. The second kappa shape index (κ2) is 9.41. The van der Waals surface area contributed by atoms with E-state index in [-0.39, 0.29) is 6.61 Å². The lowest BCUT2D eigenvalue weighted by Crippen LogP contribution is -2.10. The Kier molecular flexibility index (Phi) is 8.24. The molecule has 1 aromatic rings. The van der Waals surface area contributed by atoms with E-state index in [9.17, 15) is 4.79 Å². The summed E-state index contributed by atoms with van der Waals surface area (Å²) in [5.41, 5.74) is 0.00847. The summed E-state index contributed by atoms with van der Waals surface area (Å²) in [6.45, 7) is 6.42. The number of nitrogens with zero attached hydrogens (tertiary/aromatic N) is 1. The van der Waals surface area contributed by atoms with E-state index >= 15 is 0 Å². The van der Waals surface area contributed by atoms with E-state index in [1.165, 1.54) is 0 Å². The van der Waals surface area contributed by atoms with Crippen molar-refractivity contribution in [3.8, 4) is 6.07 Å². The molecule has 1 atom stereocenters. The minimum atomic E-state index is -2.49. The van der Waals surface area contributed by atoms with Gasteiger partial charge < -0.3 is 13.8 Å². The summed E-state index contributed by atoms with van der Waals surface area (Å²) in [4.78, 5) is 12.1. The fourth-order valence-corrected chi connectivity index (χ4v) is 3.77. The summed E-state index contributed by atoms with van der Waals surface area (Å²) in [5, 5.41) is 9.04. The molecule has 0 amide bonds. The molecule has 0 heterocycles. The molecule has 0 aliphatic heterocycles. The number of thiol groups is 1. The summed E-state index contributed by atoms with van der Waals surface area (Å²) >= 11 is 9.22. The number of carbonyl (C=O) groups excluding carboxylic acids is 1. The quantitative estimate of drug-likeness (QED) is 0.322. The number of esters is 1. The van der Waals surface area contributed by atoms with Crippen LogP contribution in [0, 0.1) is 25.2 Å². The molecule has 23 heavy (non-hydrogen) atoms. The molecule has 1 unspecified atom stereocenters. The van der Waals surface area contributed by atoms with Crippen LogP contribution < -0.4 is 0 Å². The number of benzene rings is 1. The van der Waals surface area contributed by atoms with Gasteiger partial charge in [-0.3, -0.25) is 0 Å². The zero-order valence-electron chi connectivity index (χ0n) is 13.4. The second-order valence-electron chi connectivity index (χ2n) is 4.80. The molecule has 126 valence electrons. The number of hydrogen-bond donors (Lipinski definition) is 1. The molecule has 1 rings (SSSR count). The van der Waals surface area contributed by atoms with E-state index in [0.717, 1.165) is 11.1 Å². The molecule has 0 saturated carbocycles. The SMILES string of the molecule is CCOP(=S)(S)OCCCOC(=O)c1cc(C#N)c(C)cc1C. The average Bonchev–Trinajstić information content (AvgIpc) is 2.46. The first-order valence-corrected chi connectivity index (χ1v) is 10.9. The van der Waals surface area contributed by atoms with Crippen LogP contribution in [0.2, 0.25) is 0 Å². The predicted molar refractivity (Wildman–Crippen MR) is 96.4 cm³/mol. The lowest BCUT2D eigenvalue weighted by Gasteiger charge is -2.15. The van der Waals surface area contributed by atoms with Gasteiger partial charge in [0, 0.05) is 6.42 Å². The van der Waals surface area contributed by atoms with Crippen LogP contribution in [0.15, 0.2) is 12.1 Å². The lowest BCUT2D eigenvalue weighted by molar-refractivity contribution is 0.0485. The number of hydrogen-bond acceptors (Lipinski definition) is 6. The molecule has 8 heteroatoms. The molecular weight excluding hydrogens is 353 g/mol. The van der Waals surface area contributed by atoms with Crippen LogP contribution >= 0.6 is 17.9 Å². The van der Waals surface area contributed by atoms with E-state index in [2.05, 4.69) is 18.3 Å². The number of carbonyl (C=O) groups is 1. The third-order valence-electron chi connectivity index (χ3n) is 2.98. The fraction of sp³-hybridized carbons (Fsp3) is 0.467. The number of aryl methyl sites for hydroxylation is 2. The normalized spacial score (nSPS) is 13.2. The smallest absolute Gasteiger partial charge is 0.338 e. The number of rotatable bonds is 8. The van der Waals surface area contributed by atoms with Crippen LogP contribution in [0.25, 0.3) is 0 Å². The van der Waals surface area contributed by atoms with E-state index in [0.29, 0.717) is 30.8 Å². The molecule has 0 spiro atoms. The molecule has 0 bridgehead atoms. The third kappa shape index (κ3) is 6.62. The Labute approximate surface area is 147 Å². The van der Waals surface area contributed by atoms with Crippen LogP contribution in [0.4, 0.5) is 0 Å². The highest BCUT2D eigenvalue weighted by Gasteiger charge is 2.14. The Morgan fingerprint density at radius 1 is 1.30 bits per heavy atom. The van der Waals surface area contributed by atoms with Crippen molar-refractivity contribution < 1.29 is 18.6 Å². The largest absolute Gasteiger partial charge is 0.462 e. The van der Waals surface area contributed by atoms with Crippen LogP contribution in [0.5, 0.6) is 0 Å². The highest BCUT2D eigenvalue weighted by atomic mass is 32.9. The molecule has 0 radical (unpaired) electrons. The van der Waals surface area contributed by atoms with Gasteiger partial charge in [-0.25, -0.2) is 4.79 Å². The van der Waals surface area contributed by atoms with Crippen molar-refractivity contribution in [2.75, 3.05) is 19.8 Å². The standard InChI is InChI=1S/C15H20NO4PS2/c1-4-19-21(22,23)20-7-5-6-18-15(17)14-9-13(10-16)11(2)8-12(14)3/h8-9H,4-7H2,1-3H3,(H,22,23). The van der Waals surface area contributed by atoms with Crippen LogP contribution in [-0.4, -0.2) is 25.8 Å². The Bertz CT molecular complexity index is 658. The maximum absolute atomic E-state index is 12.1. The molecule has 0 fully saturated rings. The van der Waals surface area contributed by atoms with E-state index in [1.807, 2.05) is 20.8 Å². The minimum absolute atomic E-state index is 0.198. The Balaban J connectivity index is 2.49. The molecule has 0 N–H and O–H groups in total. The van der Waals surface area contributed by atoms with Crippen molar-refractivity contribution in [1.82, 2.24) is 0 Å². The summed E-state index contributed by atoms with van der Waals surface area (Å²) in [6, 6.07) is 5.43. The van der Waals surface area contributed by atoms with Crippen molar-refractivity contribution in [2.45, 2.75) is 27.2 Å². The van der Waals surface area contributed by atoms with Gasteiger partial charge in [0.1, 0.15) is 0 Å². The van der Waals surface area contributed by atoms with Gasteiger partial charge in [0.2, 0.25) is 5.69 Å². The van der Waals surface area contributed by atoms with E-state index in [4.69, 9.17) is 30.9 Å². The maximum Gasteiger partial charge on any atom is 0.338 e. The van der Waals surface area contributed by atoms with E-state index < -0.39 is 11.7 Å². The van der Waals surface area contributed by atoms with Crippen LogP contribution in [0.1, 0.15) is 40.4 Å². The molecule has 0 aromatic heterocycles. The maximum atomic E-state index is 12.1. The number of nitriles is 1. The van der Waals surface area contributed by atoms with Crippen molar-refractivity contribution >= 4 is 35.7 Å². The first kappa shape index (κ1) is 20.1. The fourth-order valence-electron chi connectivity index (χ4n) is 1.87. The highest BCUT2D eigenvalue weighted by molar-refractivity contribution is 8.60. The molecule has 1 aromatic carbocycles. The predicted octanol–water partition coefficient (Wildman–Crippen LogP) is 3.93. The molecule has 0 aliphatic rings. The Morgan fingerprint density at radius 2 is 2.00 bits per heavy atom. The molecule has 0 saturated heterocycles. The van der Waals surface area contributed by atoms with Gasteiger partial charge in [0.15, 0.2) is 0 Å². The molecule has 5 nitrogen and oxygen atoms in total. The van der Waals surface area contributed by atoms with Crippen molar-refractivity contribution in [3.05, 3.63) is 34.4 Å². The van der Waals surface area contributed by atoms with Gasteiger partial charge in [-0.15, -0.1) is 0 Å². The first-order valence-electron chi connectivity index (χ1n) is 7.11. The van der Waals surface area contributed by atoms with Gasteiger partial charge in [-0.05, 0) is 49.8 Å². The van der Waals surface area contributed by atoms with Crippen LogP contribution in [-0.2, 0) is 25.6 Å². The summed E-state index contributed by atoms with van der Waals surface area (Å²) < 4.78 is 15.8. The van der Waals surface area contributed by atoms with Crippen LogP contribution in [0.3, 0.4) is 0 Å². The zero-order chi connectivity index (χ0) is 17.5. The Morgan fingerprint density at radius 3 is 2.61 bits per heavy atom. The van der Waals surface area contributed by atoms with E-state index in [1.54, 1.807) is 12.1 Å². The number of ether oxygens (including phenoxy) is 1. The highest BCUT2D eigenvalue weighted by Crippen LogP contribution is 2.53. The van der Waals surface area contributed by atoms with Gasteiger partial charge in [0.05, 0.1) is 37.0 Å². The zero-order valence-corrected chi connectivity index (χ0v) is 16.0. The Hall–Kier alpha value is -0.900. The lowest BCUT2D eigenvalue weighted by atomic mass is 10.0. The van der Waals surface area contributed by atoms with Crippen molar-refractivity contribution in [1.29, 1.82) is 5.26 Å². The molecule has 0 aliphatic carbocycles. The van der Waals surface area contributed by atoms with Crippen molar-refractivity contribution in [3.63, 3.8) is 0 Å². The second-order valence-corrected chi connectivity index (χ2v) is 10.1. The summed E-state index contributed by atoms with van der Waals surface area (Å²) in [6.07, 6.45) is 0.494. The minimum Gasteiger partial charge on any atom is -0.462 e. The third-order valence-corrected chi connectivity index (χ3v) is 5.40.